The zero-order valence-electron chi connectivity index (χ0n) is 10.7. The summed E-state index contributed by atoms with van der Waals surface area (Å²) in [4.78, 5) is 11.6. The van der Waals surface area contributed by atoms with Crippen molar-refractivity contribution >= 4 is 11.8 Å². The molecule has 0 spiro atoms. The van der Waals surface area contributed by atoms with E-state index in [1.807, 2.05) is 0 Å². The monoisotopic (exact) mass is 293 g/mol. The largest absolute Gasteiger partial charge is 0.506 e. The van der Waals surface area contributed by atoms with Crippen molar-refractivity contribution in [2.45, 2.75) is 25.1 Å². The third-order valence-corrected chi connectivity index (χ3v) is 3.21. The Morgan fingerprint density at radius 2 is 2.05 bits per heavy atom. The number of halogens is 3. The van der Waals surface area contributed by atoms with Crippen LogP contribution in [0.25, 0.3) is 0 Å². The molecule has 6 nitrogen and oxygen atoms in total. The Morgan fingerprint density at radius 3 is 2.55 bits per heavy atom. The summed E-state index contributed by atoms with van der Waals surface area (Å²) >= 11 is 0. The number of alkyl halides is 3. The van der Waals surface area contributed by atoms with Crippen molar-refractivity contribution in [3.63, 3.8) is 0 Å². The molecule has 2 N–H and O–H groups in total. The highest BCUT2D eigenvalue weighted by Crippen LogP contribution is 2.37. The number of hydrogen-bond donors (Lipinski definition) is 1. The summed E-state index contributed by atoms with van der Waals surface area (Å²) < 4.78 is 47.8. The fraction of sp³-hybridized carbons (Fsp3) is 0.636. The molecule has 0 radical (unpaired) electrons. The van der Waals surface area contributed by atoms with Crippen LogP contribution in [0.1, 0.15) is 34.8 Å². The number of carbonyl (C=O) groups is 1. The zero-order valence-corrected chi connectivity index (χ0v) is 10.7. The number of anilines is 1. The van der Waals surface area contributed by atoms with E-state index in [-0.39, 0.29) is 21.9 Å². The van der Waals surface area contributed by atoms with Crippen LogP contribution >= 0.6 is 0 Å². The molecule has 0 aliphatic carbocycles. The molecule has 1 aliphatic rings. The van der Waals surface area contributed by atoms with Gasteiger partial charge in [0.15, 0.2) is 5.69 Å². The fourth-order valence-corrected chi connectivity index (χ4v) is 2.27. The van der Waals surface area contributed by atoms with E-state index in [0.29, 0.717) is 26.1 Å². The van der Waals surface area contributed by atoms with E-state index < -0.39 is 18.1 Å². The summed E-state index contributed by atoms with van der Waals surface area (Å²) in [5.74, 6) is -1.79. The molecule has 0 atom stereocenters. The van der Waals surface area contributed by atoms with Gasteiger partial charge in [0.1, 0.15) is 5.82 Å². The number of hydrogen-bond acceptors (Lipinski definition) is 5. The zero-order chi connectivity index (χ0) is 14.9. The van der Waals surface area contributed by atoms with Gasteiger partial charge < -0.3 is 15.2 Å². The van der Waals surface area contributed by atoms with Crippen LogP contribution in [0.3, 0.4) is 0 Å². The van der Waals surface area contributed by atoms with Gasteiger partial charge in [-0.2, -0.15) is 9.78 Å². The molecule has 0 aromatic carbocycles. The van der Waals surface area contributed by atoms with Gasteiger partial charge in [-0.3, -0.25) is 0 Å². The van der Waals surface area contributed by atoms with E-state index in [2.05, 4.69) is 9.84 Å². The molecule has 2 heterocycles. The third kappa shape index (κ3) is 2.58. The van der Waals surface area contributed by atoms with Crippen LogP contribution in [0.2, 0.25) is 0 Å². The predicted molar refractivity (Wildman–Crippen MR) is 62.1 cm³/mol. The second kappa shape index (κ2) is 5.31. The van der Waals surface area contributed by atoms with Gasteiger partial charge in [-0.1, -0.05) is 0 Å². The van der Waals surface area contributed by atoms with E-state index >= 15 is 0 Å². The maximum atomic E-state index is 12.8. The lowest BCUT2D eigenvalue weighted by Gasteiger charge is -2.22. The Kier molecular flexibility index (Phi) is 3.89. The normalized spacial score (nSPS) is 17.2. The number of nitrogens with zero attached hydrogens (tertiary/aromatic N) is 2. The summed E-state index contributed by atoms with van der Waals surface area (Å²) in [6.07, 6.45) is -3.81. The number of ether oxygens (including phenoxy) is 2. The highest BCUT2D eigenvalue weighted by molar-refractivity contribution is 5.90. The fourth-order valence-electron chi connectivity index (χ4n) is 2.27. The van der Waals surface area contributed by atoms with Gasteiger partial charge in [0.25, 0.3) is 0 Å². The van der Waals surface area contributed by atoms with Crippen LogP contribution in [0.5, 0.6) is 0 Å². The first-order chi connectivity index (χ1) is 9.36. The van der Waals surface area contributed by atoms with Crippen LogP contribution in [0, 0.1) is 0 Å². The van der Waals surface area contributed by atoms with Crippen LogP contribution in [-0.2, 0) is 15.8 Å². The number of carbonyl (C=O) groups excluding carboxylic acids is 1. The molecule has 1 aromatic rings. The van der Waals surface area contributed by atoms with Crippen molar-refractivity contribution in [3.8, 4) is 0 Å². The molecule has 1 aromatic heterocycles. The second-order valence-corrected chi connectivity index (χ2v) is 4.41. The van der Waals surface area contributed by atoms with Crippen LogP contribution in [-0.4, -0.2) is 36.1 Å². The summed E-state index contributed by atoms with van der Waals surface area (Å²) in [7, 11) is 1.08. The summed E-state index contributed by atoms with van der Waals surface area (Å²) in [6, 6.07) is 0. The van der Waals surface area contributed by atoms with E-state index in [1.165, 1.54) is 0 Å². The number of esters is 1. The minimum absolute atomic E-state index is 0.0949. The molecule has 20 heavy (non-hydrogen) atoms. The Morgan fingerprint density at radius 1 is 1.45 bits per heavy atom. The summed E-state index contributed by atoms with van der Waals surface area (Å²) in [5, 5.41) is 3.28. The Balaban J connectivity index is 2.51. The third-order valence-electron chi connectivity index (χ3n) is 3.21. The molecule has 1 saturated heterocycles. The lowest BCUT2D eigenvalue weighted by molar-refractivity contribution is -0.210. The van der Waals surface area contributed by atoms with Crippen molar-refractivity contribution < 1.29 is 27.4 Å². The SMILES string of the molecule is COC(=O)c1nn(C(F)(F)F)c(N)c1C1CCOCC1. The average Bonchev–Trinajstić information content (AvgIpc) is 2.76. The molecule has 9 heteroatoms. The minimum atomic E-state index is -4.78. The van der Waals surface area contributed by atoms with E-state index in [4.69, 9.17) is 10.5 Å². The maximum Gasteiger partial charge on any atom is 0.506 e. The molecule has 1 fully saturated rings. The maximum absolute atomic E-state index is 12.8. The lowest BCUT2D eigenvalue weighted by atomic mass is 9.91. The van der Waals surface area contributed by atoms with Gasteiger partial charge in [-0.25, -0.2) is 4.79 Å². The number of rotatable bonds is 2. The Hall–Kier alpha value is -1.77. The number of aromatic nitrogens is 2. The van der Waals surface area contributed by atoms with Gasteiger partial charge in [-0.05, 0) is 18.8 Å². The molecular formula is C11H14F3N3O3. The van der Waals surface area contributed by atoms with Gasteiger partial charge in [-0.15, -0.1) is 13.2 Å². The van der Waals surface area contributed by atoms with Crippen molar-refractivity contribution in [1.29, 1.82) is 0 Å². The number of nitrogens with two attached hydrogens (primary N) is 1. The Labute approximate surface area is 112 Å². The molecule has 2 rings (SSSR count). The molecule has 112 valence electrons. The molecule has 1 aliphatic heterocycles. The first-order valence-electron chi connectivity index (χ1n) is 5.98. The quantitative estimate of drug-likeness (QED) is 0.838. The van der Waals surface area contributed by atoms with Crippen molar-refractivity contribution in [3.05, 3.63) is 11.3 Å². The van der Waals surface area contributed by atoms with Crippen molar-refractivity contribution in [2.24, 2.45) is 0 Å². The first-order valence-corrected chi connectivity index (χ1v) is 5.98. The molecular weight excluding hydrogens is 279 g/mol. The summed E-state index contributed by atoms with van der Waals surface area (Å²) in [5.41, 5.74) is 5.26. The van der Waals surface area contributed by atoms with Crippen molar-refractivity contribution in [1.82, 2.24) is 9.78 Å². The summed E-state index contributed by atoms with van der Waals surface area (Å²) in [6.45, 7) is 0.809. The number of nitrogen functional groups attached to an aromatic ring is 1. The molecule has 0 bridgehead atoms. The smallest absolute Gasteiger partial charge is 0.464 e. The standard InChI is InChI=1S/C11H14F3N3O3/c1-19-10(18)8-7(6-2-4-20-5-3-6)9(15)17(16-8)11(12,13)14/h6H,2-5,15H2,1H3. The first kappa shape index (κ1) is 14.6. The van der Waals surface area contributed by atoms with Gasteiger partial charge in [0.05, 0.1) is 7.11 Å². The van der Waals surface area contributed by atoms with Gasteiger partial charge in [0, 0.05) is 18.8 Å². The highest BCUT2D eigenvalue weighted by Gasteiger charge is 2.39. The van der Waals surface area contributed by atoms with E-state index in [9.17, 15) is 18.0 Å². The average molecular weight is 293 g/mol. The van der Waals surface area contributed by atoms with Crippen molar-refractivity contribution in [2.75, 3.05) is 26.1 Å². The predicted octanol–water partition coefficient (Wildman–Crippen LogP) is 1.62. The van der Waals surface area contributed by atoms with E-state index in [1.54, 1.807) is 0 Å². The van der Waals surface area contributed by atoms with Crippen LogP contribution in [0.15, 0.2) is 0 Å². The second-order valence-electron chi connectivity index (χ2n) is 4.41. The lowest BCUT2D eigenvalue weighted by Crippen LogP contribution is -2.21. The minimum Gasteiger partial charge on any atom is -0.464 e. The van der Waals surface area contributed by atoms with Crippen LogP contribution < -0.4 is 5.73 Å². The molecule has 0 amide bonds. The van der Waals surface area contributed by atoms with Crippen LogP contribution in [0.4, 0.5) is 19.0 Å². The Bertz CT molecular complexity index is 507. The van der Waals surface area contributed by atoms with Gasteiger partial charge >= 0.3 is 12.3 Å². The van der Waals surface area contributed by atoms with Gasteiger partial charge in [0.2, 0.25) is 0 Å². The molecule has 0 saturated carbocycles. The topological polar surface area (TPSA) is 79.4 Å². The highest BCUT2D eigenvalue weighted by atomic mass is 19.4. The molecule has 0 unspecified atom stereocenters. The van der Waals surface area contributed by atoms with E-state index in [0.717, 1.165) is 7.11 Å². The number of methoxy groups -OCH3 is 1.